The predicted molar refractivity (Wildman–Crippen MR) is 123 cm³/mol. The molecular weight excluding hydrogens is 360 g/mol. The summed E-state index contributed by atoms with van der Waals surface area (Å²) in [5, 5.41) is 8.65. The van der Waals surface area contributed by atoms with Crippen LogP contribution < -0.4 is 21.1 Å². The number of ether oxygens (including phenoxy) is 1. The topological polar surface area (TPSA) is 88.4 Å². The van der Waals surface area contributed by atoms with Crippen LogP contribution >= 0.6 is 0 Å². The van der Waals surface area contributed by atoms with Gasteiger partial charge in [-0.15, -0.1) is 0 Å². The van der Waals surface area contributed by atoms with E-state index in [0.29, 0.717) is 18.3 Å². The molecule has 1 aliphatic carbocycles. The molecule has 0 aliphatic heterocycles. The molecule has 156 valence electrons. The van der Waals surface area contributed by atoms with Crippen LogP contribution in [0.5, 0.6) is 11.5 Å². The summed E-state index contributed by atoms with van der Waals surface area (Å²) in [6.07, 6.45) is 6.24. The molecule has 5 nitrogen and oxygen atoms in total. The smallest absolute Gasteiger partial charge is 0.129 e. The van der Waals surface area contributed by atoms with Crippen molar-refractivity contribution in [2.75, 3.05) is 4.90 Å². The van der Waals surface area contributed by atoms with E-state index in [2.05, 4.69) is 23.3 Å². The van der Waals surface area contributed by atoms with Crippen LogP contribution in [0.3, 0.4) is 0 Å². The summed E-state index contributed by atoms with van der Waals surface area (Å²) in [5.41, 5.74) is 11.5. The van der Waals surface area contributed by atoms with Crippen LogP contribution in [-0.2, 0) is 0 Å². The molecule has 2 aromatic carbocycles. The van der Waals surface area contributed by atoms with Crippen LogP contribution in [0, 0.1) is 5.41 Å². The molecule has 0 heterocycles. The van der Waals surface area contributed by atoms with Crippen molar-refractivity contribution in [1.29, 1.82) is 5.41 Å². The first-order valence-corrected chi connectivity index (χ1v) is 10.1. The maximum absolute atomic E-state index is 8.65. The van der Waals surface area contributed by atoms with Gasteiger partial charge in [0.15, 0.2) is 0 Å². The third-order valence-corrected chi connectivity index (χ3v) is 4.81. The first-order valence-electron chi connectivity index (χ1n) is 10.1. The third-order valence-electron chi connectivity index (χ3n) is 4.81. The minimum absolute atomic E-state index is 0.254. The number of hydrogen-bond acceptors (Lipinski definition) is 4. The lowest BCUT2D eigenvalue weighted by atomic mass is 9.90. The highest BCUT2D eigenvalue weighted by Crippen LogP contribution is 2.33. The molecular formula is C24H34N4O. The Morgan fingerprint density at radius 1 is 1.17 bits per heavy atom. The fourth-order valence-electron chi connectivity index (χ4n) is 3.11. The molecule has 3 rings (SSSR count). The van der Waals surface area contributed by atoms with Gasteiger partial charge in [0, 0.05) is 29.8 Å². The van der Waals surface area contributed by atoms with E-state index in [1.807, 2.05) is 62.4 Å². The molecule has 1 fully saturated rings. The summed E-state index contributed by atoms with van der Waals surface area (Å²) < 4.78 is 5.98. The van der Waals surface area contributed by atoms with Gasteiger partial charge in [-0.25, -0.2) is 0 Å². The van der Waals surface area contributed by atoms with Crippen molar-refractivity contribution in [2.24, 2.45) is 11.5 Å². The molecule has 0 atom stereocenters. The quantitative estimate of drug-likeness (QED) is 0.432. The number of rotatable bonds is 7. The van der Waals surface area contributed by atoms with Crippen molar-refractivity contribution in [3.63, 3.8) is 0 Å². The van der Waals surface area contributed by atoms with E-state index in [0.717, 1.165) is 36.4 Å². The van der Waals surface area contributed by atoms with Crippen LogP contribution in [0.2, 0.25) is 0 Å². The van der Waals surface area contributed by atoms with Crippen LogP contribution in [-0.4, -0.2) is 17.4 Å². The van der Waals surface area contributed by atoms with E-state index in [9.17, 15) is 0 Å². The number of benzene rings is 2. The van der Waals surface area contributed by atoms with Gasteiger partial charge < -0.3 is 21.1 Å². The molecule has 2 aromatic rings. The van der Waals surface area contributed by atoms with Gasteiger partial charge in [0.05, 0.1) is 0 Å². The zero-order valence-electron chi connectivity index (χ0n) is 17.6. The largest absolute Gasteiger partial charge is 0.457 e. The van der Waals surface area contributed by atoms with Gasteiger partial charge in [-0.2, -0.15) is 0 Å². The minimum atomic E-state index is -0.254. The summed E-state index contributed by atoms with van der Waals surface area (Å²) in [6, 6.07) is 18.3. The Hall–Kier alpha value is -2.79. The van der Waals surface area contributed by atoms with Crippen LogP contribution in [0.4, 0.5) is 5.69 Å². The Labute approximate surface area is 174 Å². The highest BCUT2D eigenvalue weighted by atomic mass is 16.5. The van der Waals surface area contributed by atoms with Crippen LogP contribution in [0.25, 0.3) is 0 Å². The number of hydrogen-bond donors (Lipinski definition) is 3. The summed E-state index contributed by atoms with van der Waals surface area (Å²) >= 11 is 0. The Kier molecular flexibility index (Phi) is 8.28. The number of para-hydroxylation sites is 1. The maximum atomic E-state index is 8.65. The maximum Gasteiger partial charge on any atom is 0.129 e. The number of nitrogens with two attached hydrogens (primary N) is 2. The minimum Gasteiger partial charge on any atom is -0.457 e. The highest BCUT2D eigenvalue weighted by Gasteiger charge is 2.29. The number of anilines is 1. The molecule has 0 radical (unpaired) electrons. The zero-order valence-corrected chi connectivity index (χ0v) is 17.6. The molecule has 0 spiro atoms. The molecule has 5 heteroatoms. The molecule has 0 saturated heterocycles. The van der Waals surface area contributed by atoms with Crippen LogP contribution in [0.15, 0.2) is 67.4 Å². The van der Waals surface area contributed by atoms with E-state index in [1.165, 1.54) is 12.6 Å². The highest BCUT2D eigenvalue weighted by molar-refractivity contribution is 5.96. The van der Waals surface area contributed by atoms with Gasteiger partial charge in [0.25, 0.3) is 0 Å². The Bertz CT molecular complexity index is 779. The second kappa shape index (κ2) is 10.7. The Morgan fingerprint density at radius 2 is 1.79 bits per heavy atom. The number of nitrogens with one attached hydrogen (secondary N) is 1. The second-order valence-electron chi connectivity index (χ2n) is 8.04. The van der Waals surface area contributed by atoms with Gasteiger partial charge in [-0.1, -0.05) is 30.8 Å². The van der Waals surface area contributed by atoms with E-state index < -0.39 is 0 Å². The van der Waals surface area contributed by atoms with Crippen LogP contribution in [0.1, 0.15) is 46.0 Å². The molecule has 29 heavy (non-hydrogen) atoms. The SMILES string of the molecule is C=CN.CC(C)(N)CCC(=N)N(c1cccc(Oc2ccccc2)c1)C1CCC1. The Balaban J connectivity index is 0.000000941. The van der Waals surface area contributed by atoms with Gasteiger partial charge in [-0.05, 0) is 70.0 Å². The molecule has 5 N–H and O–H groups in total. The zero-order chi connectivity index (χ0) is 21.3. The van der Waals surface area contributed by atoms with Gasteiger partial charge in [-0.3, -0.25) is 5.41 Å². The van der Waals surface area contributed by atoms with Crippen molar-refractivity contribution in [3.05, 3.63) is 67.4 Å². The third kappa shape index (κ3) is 7.27. The van der Waals surface area contributed by atoms with E-state index in [-0.39, 0.29) is 5.54 Å². The number of nitrogens with zero attached hydrogens (tertiary/aromatic N) is 1. The molecule has 1 aliphatic rings. The first kappa shape index (κ1) is 22.5. The fourth-order valence-corrected chi connectivity index (χ4v) is 3.11. The van der Waals surface area contributed by atoms with Gasteiger partial charge >= 0.3 is 0 Å². The standard InChI is InChI=1S/C22H29N3O.C2H5N/c1-22(2,24)15-14-21(23)25(17-8-6-9-17)18-10-7-13-20(16-18)26-19-11-4-3-5-12-19;1-2-3/h3-5,7,10-13,16-17,23H,6,8-9,14-15,24H2,1-2H3;2H,1,3H2. The Morgan fingerprint density at radius 3 is 2.34 bits per heavy atom. The van der Waals surface area contributed by atoms with Crippen molar-refractivity contribution in [3.8, 4) is 11.5 Å². The van der Waals surface area contributed by atoms with Gasteiger partial charge in [0.2, 0.25) is 0 Å². The van der Waals surface area contributed by atoms with Gasteiger partial charge in [0.1, 0.15) is 17.3 Å². The first-order chi connectivity index (χ1) is 13.8. The summed E-state index contributed by atoms with van der Waals surface area (Å²) in [6.45, 7) is 7.17. The summed E-state index contributed by atoms with van der Waals surface area (Å²) in [5.74, 6) is 2.26. The van der Waals surface area contributed by atoms with Crippen molar-refractivity contribution in [1.82, 2.24) is 0 Å². The van der Waals surface area contributed by atoms with E-state index in [1.54, 1.807) is 0 Å². The lowest BCUT2D eigenvalue weighted by Crippen LogP contribution is -2.45. The predicted octanol–water partition coefficient (Wildman–Crippen LogP) is 5.42. The average Bonchev–Trinajstić information content (AvgIpc) is 2.64. The normalized spacial score (nSPS) is 13.5. The average molecular weight is 395 g/mol. The van der Waals surface area contributed by atoms with E-state index in [4.69, 9.17) is 15.9 Å². The van der Waals surface area contributed by atoms with Crippen molar-refractivity contribution >= 4 is 11.5 Å². The molecule has 0 unspecified atom stereocenters. The summed E-state index contributed by atoms with van der Waals surface area (Å²) in [7, 11) is 0. The monoisotopic (exact) mass is 394 g/mol. The number of amidine groups is 1. The molecule has 0 amide bonds. The van der Waals surface area contributed by atoms with Crippen molar-refractivity contribution in [2.45, 2.75) is 57.5 Å². The molecule has 0 aromatic heterocycles. The molecule has 0 bridgehead atoms. The van der Waals surface area contributed by atoms with E-state index >= 15 is 0 Å². The lowest BCUT2D eigenvalue weighted by Gasteiger charge is -2.40. The van der Waals surface area contributed by atoms with Crippen molar-refractivity contribution < 1.29 is 4.74 Å². The lowest BCUT2D eigenvalue weighted by molar-refractivity contribution is 0.411. The summed E-state index contributed by atoms with van der Waals surface area (Å²) in [4.78, 5) is 2.17. The molecule has 1 saturated carbocycles. The fraction of sp³-hybridized carbons (Fsp3) is 0.375. The second-order valence-corrected chi connectivity index (χ2v) is 8.04.